The molecular weight excluding hydrogens is 334 g/mol. The van der Waals surface area contributed by atoms with Gasteiger partial charge in [0, 0.05) is 29.5 Å². The highest BCUT2D eigenvalue weighted by molar-refractivity contribution is 9.10. The summed E-state index contributed by atoms with van der Waals surface area (Å²) in [6.45, 7) is 5.63. The van der Waals surface area contributed by atoms with Crippen LogP contribution in [0.5, 0.6) is 5.75 Å². The maximum absolute atomic E-state index is 6.11. The molecule has 3 rings (SSSR count). The summed E-state index contributed by atoms with van der Waals surface area (Å²) in [7, 11) is 0. The van der Waals surface area contributed by atoms with Gasteiger partial charge in [0.15, 0.2) is 5.96 Å². The molecule has 0 aromatic heterocycles. The minimum Gasteiger partial charge on any atom is -0.493 e. The Morgan fingerprint density at radius 2 is 2.33 bits per heavy atom. The molecule has 2 heterocycles. The van der Waals surface area contributed by atoms with Gasteiger partial charge in [-0.05, 0) is 24.6 Å². The molecule has 2 aliphatic rings. The van der Waals surface area contributed by atoms with E-state index in [4.69, 9.17) is 15.2 Å². The summed E-state index contributed by atoms with van der Waals surface area (Å²) in [5.41, 5.74) is 8.44. The highest BCUT2D eigenvalue weighted by Crippen LogP contribution is 2.33. The van der Waals surface area contributed by atoms with E-state index in [-0.39, 0.29) is 6.10 Å². The van der Waals surface area contributed by atoms with Gasteiger partial charge in [-0.1, -0.05) is 15.9 Å². The summed E-state index contributed by atoms with van der Waals surface area (Å²) < 4.78 is 12.3. The minimum absolute atomic E-state index is 0.200. The minimum atomic E-state index is 0.200. The third kappa shape index (κ3) is 3.32. The Labute approximate surface area is 133 Å². The molecule has 1 aromatic rings. The molecule has 114 valence electrons. The number of benzene rings is 1. The fraction of sp³-hybridized carbons (Fsp3) is 0.533. The molecule has 1 unspecified atom stereocenters. The van der Waals surface area contributed by atoms with E-state index in [1.54, 1.807) is 0 Å². The number of fused-ring (bicyclic) bond motifs is 1. The summed E-state index contributed by atoms with van der Waals surface area (Å²) in [6.07, 6.45) is 1.16. The van der Waals surface area contributed by atoms with E-state index in [1.807, 2.05) is 0 Å². The molecule has 21 heavy (non-hydrogen) atoms. The van der Waals surface area contributed by atoms with E-state index in [1.165, 1.54) is 5.56 Å². The average Bonchev–Trinajstić information content (AvgIpc) is 2.92. The Bertz CT molecular complexity index is 562. The number of ether oxygens (including phenoxy) is 2. The number of nitrogens with zero attached hydrogens (tertiary/aromatic N) is 2. The molecule has 5 nitrogen and oxygen atoms in total. The van der Waals surface area contributed by atoms with E-state index in [0.717, 1.165) is 41.9 Å². The number of halogens is 1. The SMILES string of the molecule is CC1CN(C(N)=NCc2cc(Br)cc3c2OCC3)CCO1. The molecule has 2 N–H and O–H groups in total. The molecule has 1 fully saturated rings. The number of hydrogen-bond acceptors (Lipinski definition) is 3. The second kappa shape index (κ2) is 6.23. The van der Waals surface area contributed by atoms with Crippen LogP contribution in [0, 0.1) is 0 Å². The summed E-state index contributed by atoms with van der Waals surface area (Å²) in [4.78, 5) is 6.61. The fourth-order valence-corrected chi connectivity index (χ4v) is 3.31. The first-order valence-electron chi connectivity index (χ1n) is 7.24. The number of aliphatic imine (C=N–C) groups is 1. The van der Waals surface area contributed by atoms with E-state index < -0.39 is 0 Å². The van der Waals surface area contributed by atoms with Crippen LogP contribution in [0.3, 0.4) is 0 Å². The van der Waals surface area contributed by atoms with Crippen LogP contribution in [0.2, 0.25) is 0 Å². The fourth-order valence-electron chi connectivity index (χ4n) is 2.76. The summed E-state index contributed by atoms with van der Waals surface area (Å²) >= 11 is 3.55. The van der Waals surface area contributed by atoms with Crippen molar-refractivity contribution in [3.8, 4) is 5.75 Å². The first-order valence-corrected chi connectivity index (χ1v) is 8.03. The van der Waals surface area contributed by atoms with Crippen LogP contribution in [0.25, 0.3) is 0 Å². The second-order valence-corrected chi connectivity index (χ2v) is 6.37. The molecule has 0 amide bonds. The summed E-state index contributed by atoms with van der Waals surface area (Å²) in [5.74, 6) is 1.56. The van der Waals surface area contributed by atoms with Crippen LogP contribution in [0.4, 0.5) is 0 Å². The molecule has 2 aliphatic heterocycles. The zero-order valence-corrected chi connectivity index (χ0v) is 13.7. The Hall–Kier alpha value is -1.27. The van der Waals surface area contributed by atoms with Crippen LogP contribution >= 0.6 is 15.9 Å². The third-order valence-corrected chi connectivity index (χ3v) is 4.26. The van der Waals surface area contributed by atoms with Crippen molar-refractivity contribution in [1.82, 2.24) is 4.90 Å². The van der Waals surface area contributed by atoms with Crippen LogP contribution < -0.4 is 10.5 Å². The first kappa shape index (κ1) is 14.7. The zero-order chi connectivity index (χ0) is 14.8. The molecule has 6 heteroatoms. The molecule has 0 radical (unpaired) electrons. The van der Waals surface area contributed by atoms with Gasteiger partial charge in [0.05, 0.1) is 25.9 Å². The number of morpholine rings is 1. The number of rotatable bonds is 2. The quantitative estimate of drug-likeness (QED) is 0.651. The number of hydrogen-bond donors (Lipinski definition) is 1. The van der Waals surface area contributed by atoms with Crippen LogP contribution in [-0.4, -0.2) is 43.3 Å². The molecule has 0 aliphatic carbocycles. The molecule has 0 bridgehead atoms. The van der Waals surface area contributed by atoms with Crippen molar-refractivity contribution in [3.05, 3.63) is 27.7 Å². The third-order valence-electron chi connectivity index (χ3n) is 3.80. The Morgan fingerprint density at radius 3 is 3.14 bits per heavy atom. The van der Waals surface area contributed by atoms with Gasteiger partial charge in [-0.2, -0.15) is 0 Å². The Morgan fingerprint density at radius 1 is 1.48 bits per heavy atom. The molecular formula is C15H20BrN3O2. The maximum Gasteiger partial charge on any atom is 0.191 e. The van der Waals surface area contributed by atoms with E-state index in [2.05, 4.69) is 44.9 Å². The van der Waals surface area contributed by atoms with Crippen molar-refractivity contribution in [2.75, 3.05) is 26.3 Å². The van der Waals surface area contributed by atoms with Crippen LogP contribution in [0.15, 0.2) is 21.6 Å². The van der Waals surface area contributed by atoms with Crippen LogP contribution in [-0.2, 0) is 17.7 Å². The molecule has 0 spiro atoms. The first-order chi connectivity index (χ1) is 10.1. The van der Waals surface area contributed by atoms with Gasteiger partial charge in [0.2, 0.25) is 0 Å². The van der Waals surface area contributed by atoms with Gasteiger partial charge in [-0.25, -0.2) is 4.99 Å². The number of guanidine groups is 1. The van der Waals surface area contributed by atoms with E-state index in [0.29, 0.717) is 19.1 Å². The zero-order valence-electron chi connectivity index (χ0n) is 12.1. The standard InChI is InChI=1S/C15H20BrN3O2/c1-10-9-19(3-5-20-10)15(17)18-8-12-7-13(16)6-11-2-4-21-14(11)12/h6-7,10H,2-5,8-9H2,1H3,(H2,17,18). The largest absolute Gasteiger partial charge is 0.493 e. The van der Waals surface area contributed by atoms with Crippen molar-refractivity contribution < 1.29 is 9.47 Å². The van der Waals surface area contributed by atoms with Crippen molar-refractivity contribution in [2.24, 2.45) is 10.7 Å². The van der Waals surface area contributed by atoms with Gasteiger partial charge in [-0.3, -0.25) is 0 Å². The topological polar surface area (TPSA) is 60.1 Å². The lowest BCUT2D eigenvalue weighted by Gasteiger charge is -2.31. The Kier molecular flexibility index (Phi) is 4.35. The van der Waals surface area contributed by atoms with Crippen LogP contribution in [0.1, 0.15) is 18.1 Å². The second-order valence-electron chi connectivity index (χ2n) is 5.45. The van der Waals surface area contributed by atoms with Crippen molar-refractivity contribution >= 4 is 21.9 Å². The molecule has 1 saturated heterocycles. The van der Waals surface area contributed by atoms with E-state index in [9.17, 15) is 0 Å². The van der Waals surface area contributed by atoms with Gasteiger partial charge < -0.3 is 20.1 Å². The smallest absolute Gasteiger partial charge is 0.191 e. The lowest BCUT2D eigenvalue weighted by atomic mass is 10.1. The number of nitrogens with two attached hydrogens (primary N) is 1. The highest BCUT2D eigenvalue weighted by Gasteiger charge is 2.19. The van der Waals surface area contributed by atoms with Crippen molar-refractivity contribution in [3.63, 3.8) is 0 Å². The van der Waals surface area contributed by atoms with E-state index >= 15 is 0 Å². The van der Waals surface area contributed by atoms with Gasteiger partial charge in [-0.15, -0.1) is 0 Å². The highest BCUT2D eigenvalue weighted by atomic mass is 79.9. The summed E-state index contributed by atoms with van der Waals surface area (Å²) in [6, 6.07) is 4.17. The monoisotopic (exact) mass is 353 g/mol. The van der Waals surface area contributed by atoms with Crippen molar-refractivity contribution in [1.29, 1.82) is 0 Å². The normalized spacial score (nSPS) is 22.1. The lowest BCUT2D eigenvalue weighted by Crippen LogP contribution is -2.47. The predicted molar refractivity (Wildman–Crippen MR) is 85.7 cm³/mol. The lowest BCUT2D eigenvalue weighted by molar-refractivity contribution is 0.00528. The van der Waals surface area contributed by atoms with Gasteiger partial charge >= 0.3 is 0 Å². The van der Waals surface area contributed by atoms with Gasteiger partial charge in [0.1, 0.15) is 5.75 Å². The predicted octanol–water partition coefficient (Wildman–Crippen LogP) is 1.92. The molecule has 0 saturated carbocycles. The summed E-state index contributed by atoms with van der Waals surface area (Å²) in [5, 5.41) is 0. The van der Waals surface area contributed by atoms with Gasteiger partial charge in [0.25, 0.3) is 0 Å². The average molecular weight is 354 g/mol. The Balaban J connectivity index is 1.73. The maximum atomic E-state index is 6.11. The van der Waals surface area contributed by atoms with Crippen molar-refractivity contribution in [2.45, 2.75) is 26.0 Å². The molecule has 1 aromatic carbocycles. The molecule has 1 atom stereocenters.